The van der Waals surface area contributed by atoms with E-state index in [0.29, 0.717) is 6.54 Å². The largest absolute Gasteiger partial charge is 0.340 e. The first kappa shape index (κ1) is 18.2. The van der Waals surface area contributed by atoms with E-state index in [1.54, 1.807) is 30.2 Å². The lowest BCUT2D eigenvalue weighted by Crippen LogP contribution is -2.49. The number of hydrogen-bond donors (Lipinski definition) is 1. The highest BCUT2D eigenvalue weighted by Crippen LogP contribution is 2.24. The van der Waals surface area contributed by atoms with E-state index in [2.05, 4.69) is 15.9 Å². The number of nitrogens with zero attached hydrogens (tertiary/aromatic N) is 1. The first-order valence-corrected chi connectivity index (χ1v) is 7.91. The predicted molar refractivity (Wildman–Crippen MR) is 93.7 cm³/mol. The Kier molecular flexibility index (Phi) is 6.41. The number of halogens is 2. The normalized spacial score (nSPS) is 13.1. The second-order valence-electron chi connectivity index (χ2n) is 4.99. The number of likely N-dealkylation sites (N-methyl/N-ethyl adjacent to an activating group) is 1. The van der Waals surface area contributed by atoms with Crippen molar-refractivity contribution in [1.29, 1.82) is 0 Å². The summed E-state index contributed by atoms with van der Waals surface area (Å²) in [6, 6.07) is 11.5. The summed E-state index contributed by atoms with van der Waals surface area (Å²) in [6.45, 7) is 2.31. The van der Waals surface area contributed by atoms with Crippen molar-refractivity contribution in [2.24, 2.45) is 5.73 Å². The zero-order chi connectivity index (χ0) is 14.8. The van der Waals surface area contributed by atoms with Gasteiger partial charge in [0.15, 0.2) is 0 Å². The molecule has 0 fully saturated rings. The van der Waals surface area contributed by atoms with Crippen LogP contribution in [0.5, 0.6) is 0 Å². The van der Waals surface area contributed by atoms with Crippen molar-refractivity contribution >= 4 is 45.6 Å². The van der Waals surface area contributed by atoms with E-state index in [-0.39, 0.29) is 18.3 Å². The zero-order valence-corrected chi connectivity index (χ0v) is 15.1. The number of rotatable bonds is 4. The molecule has 0 aliphatic carbocycles. The number of carbonyl (C=O) groups is 1. The van der Waals surface area contributed by atoms with Crippen LogP contribution >= 0.6 is 39.7 Å². The lowest BCUT2D eigenvalue weighted by Gasteiger charge is -2.29. The van der Waals surface area contributed by atoms with E-state index in [9.17, 15) is 4.79 Å². The van der Waals surface area contributed by atoms with Gasteiger partial charge in [-0.25, -0.2) is 0 Å². The summed E-state index contributed by atoms with van der Waals surface area (Å²) < 4.78 is 1.06. The number of nitrogens with two attached hydrogens (primary N) is 1. The fraction of sp³-hybridized carbons (Fsp3) is 0.267. The van der Waals surface area contributed by atoms with Crippen LogP contribution in [0.25, 0.3) is 0 Å². The zero-order valence-electron chi connectivity index (χ0n) is 11.9. The Hall–Kier alpha value is -0.880. The number of amides is 1. The smallest absolute Gasteiger partial charge is 0.247 e. The van der Waals surface area contributed by atoms with Gasteiger partial charge in [0.1, 0.15) is 5.54 Å². The van der Waals surface area contributed by atoms with Crippen molar-refractivity contribution in [3.05, 3.63) is 56.7 Å². The highest BCUT2D eigenvalue weighted by molar-refractivity contribution is 9.11. The Morgan fingerprint density at radius 2 is 2.00 bits per heavy atom. The molecular formula is C15H18BrClN2OS. The Bertz CT molecular complexity index is 601. The number of hydrogen-bond acceptors (Lipinski definition) is 3. The van der Waals surface area contributed by atoms with E-state index in [1.807, 2.05) is 41.8 Å². The van der Waals surface area contributed by atoms with Crippen molar-refractivity contribution in [2.75, 3.05) is 7.05 Å². The molecule has 1 aromatic carbocycles. The monoisotopic (exact) mass is 388 g/mol. The van der Waals surface area contributed by atoms with Gasteiger partial charge >= 0.3 is 0 Å². The maximum absolute atomic E-state index is 12.6. The predicted octanol–water partition coefficient (Wildman–Crippen LogP) is 3.76. The van der Waals surface area contributed by atoms with Crippen molar-refractivity contribution in [1.82, 2.24) is 4.90 Å². The van der Waals surface area contributed by atoms with Crippen LogP contribution in [0.15, 0.2) is 45.6 Å². The molecule has 2 N–H and O–H groups in total. The lowest BCUT2D eigenvalue weighted by molar-refractivity contribution is -0.136. The maximum Gasteiger partial charge on any atom is 0.247 e. The van der Waals surface area contributed by atoms with Gasteiger partial charge in [0.25, 0.3) is 0 Å². The minimum absolute atomic E-state index is 0. The Balaban J connectivity index is 0.00000220. The molecule has 1 heterocycles. The van der Waals surface area contributed by atoms with E-state index >= 15 is 0 Å². The minimum atomic E-state index is -1.01. The van der Waals surface area contributed by atoms with Crippen LogP contribution in [0.2, 0.25) is 0 Å². The maximum atomic E-state index is 12.6. The van der Waals surface area contributed by atoms with Gasteiger partial charge < -0.3 is 10.6 Å². The van der Waals surface area contributed by atoms with Crippen molar-refractivity contribution in [3.63, 3.8) is 0 Å². The molecular weight excluding hydrogens is 372 g/mol. The van der Waals surface area contributed by atoms with Gasteiger partial charge in [0, 0.05) is 13.6 Å². The third-order valence-corrected chi connectivity index (χ3v) is 4.76. The molecule has 0 radical (unpaired) electrons. The molecule has 0 saturated heterocycles. The molecule has 1 atom stereocenters. The molecule has 0 spiro atoms. The summed E-state index contributed by atoms with van der Waals surface area (Å²) in [5.74, 6) is -0.0916. The first-order valence-electron chi connectivity index (χ1n) is 6.24. The van der Waals surface area contributed by atoms with Crippen LogP contribution in [0.4, 0.5) is 0 Å². The summed E-state index contributed by atoms with van der Waals surface area (Å²) >= 11 is 5.04. The second-order valence-corrected chi connectivity index (χ2v) is 7.28. The molecule has 0 bridgehead atoms. The van der Waals surface area contributed by atoms with Crippen molar-refractivity contribution < 1.29 is 4.79 Å². The molecule has 1 aromatic heterocycles. The summed E-state index contributed by atoms with van der Waals surface area (Å²) in [6.07, 6.45) is 0. The van der Waals surface area contributed by atoms with E-state index in [4.69, 9.17) is 5.73 Å². The average Bonchev–Trinajstić information content (AvgIpc) is 2.84. The highest BCUT2D eigenvalue weighted by atomic mass is 79.9. The fourth-order valence-electron chi connectivity index (χ4n) is 2.08. The molecule has 2 rings (SSSR count). The van der Waals surface area contributed by atoms with E-state index in [0.717, 1.165) is 14.9 Å². The molecule has 1 unspecified atom stereocenters. The summed E-state index contributed by atoms with van der Waals surface area (Å²) in [4.78, 5) is 14.2. The lowest BCUT2D eigenvalue weighted by atomic mass is 9.91. The SMILES string of the molecule is CN(Cc1csc(Br)c1)C(=O)C(C)(N)c1ccccc1.Cl. The van der Waals surface area contributed by atoms with Crippen LogP contribution in [-0.4, -0.2) is 17.9 Å². The molecule has 114 valence electrons. The summed E-state index contributed by atoms with van der Waals surface area (Å²) in [7, 11) is 1.78. The van der Waals surface area contributed by atoms with E-state index < -0.39 is 5.54 Å². The minimum Gasteiger partial charge on any atom is -0.340 e. The Morgan fingerprint density at radius 1 is 1.38 bits per heavy atom. The standard InChI is InChI=1S/C15H17BrN2OS.ClH/c1-15(17,12-6-4-3-5-7-12)14(19)18(2)9-11-8-13(16)20-10-11;/h3-8,10H,9,17H2,1-2H3;1H. The average molecular weight is 390 g/mol. The van der Waals surface area contributed by atoms with E-state index in [1.165, 1.54) is 0 Å². The van der Waals surface area contributed by atoms with Gasteiger partial charge in [0.2, 0.25) is 5.91 Å². The molecule has 1 amide bonds. The van der Waals surface area contributed by atoms with Crippen LogP contribution in [0, 0.1) is 0 Å². The molecule has 0 aliphatic rings. The molecule has 0 aliphatic heterocycles. The van der Waals surface area contributed by atoms with Gasteiger partial charge in [0.05, 0.1) is 3.79 Å². The molecule has 0 saturated carbocycles. The Labute approximate surface area is 143 Å². The Morgan fingerprint density at radius 3 is 2.52 bits per heavy atom. The quantitative estimate of drug-likeness (QED) is 0.865. The van der Waals surface area contributed by atoms with Gasteiger partial charge in [-0.1, -0.05) is 30.3 Å². The van der Waals surface area contributed by atoms with Crippen molar-refractivity contribution in [3.8, 4) is 0 Å². The third-order valence-electron chi connectivity index (χ3n) is 3.21. The molecule has 6 heteroatoms. The topological polar surface area (TPSA) is 46.3 Å². The number of benzene rings is 1. The van der Waals surface area contributed by atoms with Gasteiger partial charge in [-0.2, -0.15) is 0 Å². The fourth-order valence-corrected chi connectivity index (χ4v) is 3.28. The highest BCUT2D eigenvalue weighted by Gasteiger charge is 2.32. The van der Waals surface area contributed by atoms with Crippen LogP contribution in [0.3, 0.4) is 0 Å². The van der Waals surface area contributed by atoms with Gasteiger partial charge in [-0.3, -0.25) is 4.79 Å². The van der Waals surface area contributed by atoms with Crippen LogP contribution in [-0.2, 0) is 16.9 Å². The van der Waals surface area contributed by atoms with Crippen LogP contribution in [0.1, 0.15) is 18.1 Å². The first-order chi connectivity index (χ1) is 9.41. The van der Waals surface area contributed by atoms with Gasteiger partial charge in [-0.15, -0.1) is 23.7 Å². The number of thiophene rings is 1. The van der Waals surface area contributed by atoms with Gasteiger partial charge in [-0.05, 0) is 45.4 Å². The second kappa shape index (κ2) is 7.40. The molecule has 2 aromatic rings. The molecule has 21 heavy (non-hydrogen) atoms. The summed E-state index contributed by atoms with van der Waals surface area (Å²) in [5.41, 5.74) is 7.15. The molecule has 3 nitrogen and oxygen atoms in total. The van der Waals surface area contributed by atoms with Crippen molar-refractivity contribution in [2.45, 2.75) is 19.0 Å². The summed E-state index contributed by atoms with van der Waals surface area (Å²) in [5, 5.41) is 2.03. The van der Waals surface area contributed by atoms with Crippen LogP contribution < -0.4 is 5.73 Å². The third kappa shape index (κ3) is 4.30. The number of carbonyl (C=O) groups excluding carboxylic acids is 1.